The number of fused-ring (bicyclic) bond motifs is 7. The topological polar surface area (TPSA) is 36.3 Å². The zero-order valence-electron chi connectivity index (χ0n) is 18.2. The summed E-state index contributed by atoms with van der Waals surface area (Å²) in [6.45, 7) is 0. The summed E-state index contributed by atoms with van der Waals surface area (Å²) in [6, 6.07) is 39.7. The van der Waals surface area contributed by atoms with Crippen LogP contribution in [0.15, 0.2) is 109 Å². The van der Waals surface area contributed by atoms with Gasteiger partial charge < -0.3 is 9.64 Å². The van der Waals surface area contributed by atoms with Crippen molar-refractivity contribution in [1.82, 2.24) is 0 Å². The van der Waals surface area contributed by atoms with Gasteiger partial charge in [0.25, 0.3) is 0 Å². The summed E-state index contributed by atoms with van der Waals surface area (Å²) in [6.07, 6.45) is 0. The van der Waals surface area contributed by atoms with Crippen molar-refractivity contribution < 1.29 is 4.74 Å². The van der Waals surface area contributed by atoms with Gasteiger partial charge >= 0.3 is 0 Å². The third-order valence-corrected chi connectivity index (χ3v) is 6.64. The second-order valence-electron chi connectivity index (χ2n) is 8.55. The Kier molecular flexibility index (Phi) is 3.91. The summed E-state index contributed by atoms with van der Waals surface area (Å²) in [4.78, 5) is 2.27. The predicted octanol–water partition coefficient (Wildman–Crippen LogP) is 8.59. The number of nitrogens with zero attached hydrogens (tertiary/aromatic N) is 2. The van der Waals surface area contributed by atoms with E-state index < -0.39 is 0 Å². The molecule has 0 aromatic heterocycles. The van der Waals surface area contributed by atoms with E-state index in [1.165, 1.54) is 26.9 Å². The minimum absolute atomic E-state index is 0.684. The molecule has 7 rings (SSSR count). The third-order valence-electron chi connectivity index (χ3n) is 6.64. The highest BCUT2D eigenvalue weighted by molar-refractivity contribution is 6.17. The molecule has 158 valence electrons. The van der Waals surface area contributed by atoms with Gasteiger partial charge in [0, 0.05) is 5.69 Å². The molecular formula is C31H18N2O. The summed E-state index contributed by atoms with van der Waals surface area (Å²) >= 11 is 0. The van der Waals surface area contributed by atoms with E-state index in [9.17, 15) is 5.26 Å². The first-order valence-corrected chi connectivity index (χ1v) is 11.3. The smallest absolute Gasteiger partial charge is 0.151 e. The van der Waals surface area contributed by atoms with Crippen LogP contribution in [0.2, 0.25) is 0 Å². The maximum atomic E-state index is 9.25. The minimum Gasteiger partial charge on any atom is -0.453 e. The minimum atomic E-state index is 0.684. The van der Waals surface area contributed by atoms with E-state index in [4.69, 9.17) is 4.74 Å². The van der Waals surface area contributed by atoms with E-state index in [-0.39, 0.29) is 0 Å². The Balaban J connectivity index is 1.44. The van der Waals surface area contributed by atoms with Crippen LogP contribution in [0.3, 0.4) is 0 Å². The van der Waals surface area contributed by atoms with E-state index in [0.29, 0.717) is 5.56 Å². The molecule has 0 unspecified atom stereocenters. The molecule has 1 aliphatic rings. The molecule has 0 saturated carbocycles. The first-order chi connectivity index (χ1) is 16.8. The molecule has 6 aromatic rings. The number of nitriles is 1. The fraction of sp³-hybridized carbons (Fsp3) is 0. The second kappa shape index (κ2) is 7.10. The van der Waals surface area contributed by atoms with Crippen LogP contribution in [0.5, 0.6) is 11.5 Å². The molecular weight excluding hydrogens is 416 g/mol. The van der Waals surface area contributed by atoms with Gasteiger partial charge in [0.1, 0.15) is 0 Å². The number of benzene rings is 6. The molecule has 3 heteroatoms. The lowest BCUT2D eigenvalue weighted by molar-refractivity contribution is 0.477. The van der Waals surface area contributed by atoms with Gasteiger partial charge in [-0.05, 0) is 80.8 Å². The van der Waals surface area contributed by atoms with Gasteiger partial charge in [0.15, 0.2) is 11.5 Å². The highest BCUT2D eigenvalue weighted by atomic mass is 16.5. The van der Waals surface area contributed by atoms with Crippen molar-refractivity contribution in [2.24, 2.45) is 0 Å². The number of rotatable bonds is 1. The van der Waals surface area contributed by atoms with Crippen LogP contribution in [0, 0.1) is 11.3 Å². The van der Waals surface area contributed by atoms with Crippen molar-refractivity contribution in [3.05, 3.63) is 115 Å². The molecule has 3 nitrogen and oxygen atoms in total. The van der Waals surface area contributed by atoms with Gasteiger partial charge in [-0.3, -0.25) is 0 Å². The molecule has 1 heterocycles. The van der Waals surface area contributed by atoms with Crippen molar-refractivity contribution >= 4 is 49.4 Å². The van der Waals surface area contributed by atoms with Crippen molar-refractivity contribution in [1.29, 1.82) is 5.26 Å². The first kappa shape index (κ1) is 18.7. The zero-order chi connectivity index (χ0) is 22.6. The Morgan fingerprint density at radius 1 is 0.559 bits per heavy atom. The van der Waals surface area contributed by atoms with Crippen LogP contribution in [0.4, 0.5) is 17.1 Å². The molecule has 1 aliphatic heterocycles. The lowest BCUT2D eigenvalue weighted by Crippen LogP contribution is -2.15. The van der Waals surface area contributed by atoms with Crippen LogP contribution < -0.4 is 9.64 Å². The number of ether oxygens (including phenoxy) is 1. The normalized spacial score (nSPS) is 12.3. The standard InChI is InChI=1S/C31H18N2O/c32-19-20-9-13-24-21(17-20)10-14-27-25-16-12-23(18-22(25)11-15-26(24)27)33-28-5-1-3-7-30(28)34-31-8-4-2-6-29(31)33/h1-18H. The summed E-state index contributed by atoms with van der Waals surface area (Å²) in [5, 5.41) is 16.3. The molecule has 0 atom stereocenters. The maximum absolute atomic E-state index is 9.25. The van der Waals surface area contributed by atoms with Crippen molar-refractivity contribution in [2.75, 3.05) is 4.90 Å². The Bertz CT molecular complexity index is 1770. The van der Waals surface area contributed by atoms with Crippen LogP contribution in [0.1, 0.15) is 5.56 Å². The van der Waals surface area contributed by atoms with Crippen LogP contribution in [-0.2, 0) is 0 Å². The van der Waals surface area contributed by atoms with E-state index in [0.717, 1.165) is 33.9 Å². The van der Waals surface area contributed by atoms with Crippen LogP contribution in [0.25, 0.3) is 32.3 Å². The van der Waals surface area contributed by atoms with Gasteiger partial charge in [-0.1, -0.05) is 60.7 Å². The highest BCUT2D eigenvalue weighted by Gasteiger charge is 2.25. The third kappa shape index (κ3) is 2.69. The molecule has 0 aliphatic carbocycles. The Labute approximate surface area is 196 Å². The fourth-order valence-corrected chi connectivity index (χ4v) is 5.07. The molecule has 0 spiro atoms. The average molecular weight is 434 g/mol. The van der Waals surface area contributed by atoms with Crippen LogP contribution >= 0.6 is 0 Å². The van der Waals surface area contributed by atoms with Crippen LogP contribution in [-0.4, -0.2) is 0 Å². The average Bonchev–Trinajstić information content (AvgIpc) is 2.90. The van der Waals surface area contributed by atoms with Crippen molar-refractivity contribution in [3.8, 4) is 17.6 Å². The molecule has 0 radical (unpaired) electrons. The zero-order valence-corrected chi connectivity index (χ0v) is 18.2. The molecule has 34 heavy (non-hydrogen) atoms. The second-order valence-corrected chi connectivity index (χ2v) is 8.55. The van der Waals surface area contributed by atoms with Gasteiger partial charge in [0.05, 0.1) is 23.0 Å². The first-order valence-electron chi connectivity index (χ1n) is 11.3. The molecule has 0 N–H and O–H groups in total. The Hall–Kier alpha value is -4.81. The van der Waals surface area contributed by atoms with Crippen molar-refractivity contribution in [3.63, 3.8) is 0 Å². The molecule has 0 fully saturated rings. The number of para-hydroxylation sites is 4. The fourth-order valence-electron chi connectivity index (χ4n) is 5.07. The van der Waals surface area contributed by atoms with Gasteiger partial charge in [0.2, 0.25) is 0 Å². The quantitative estimate of drug-likeness (QED) is 0.243. The highest BCUT2D eigenvalue weighted by Crippen LogP contribution is 2.50. The molecule has 0 bridgehead atoms. The van der Waals surface area contributed by atoms with Gasteiger partial charge in [-0.15, -0.1) is 0 Å². The molecule has 6 aromatic carbocycles. The van der Waals surface area contributed by atoms with E-state index in [2.05, 4.69) is 71.6 Å². The Morgan fingerprint density at radius 2 is 1.12 bits per heavy atom. The Morgan fingerprint density at radius 3 is 1.76 bits per heavy atom. The summed E-state index contributed by atoms with van der Waals surface area (Å²) in [5.74, 6) is 1.70. The molecule has 0 amide bonds. The molecule has 0 saturated heterocycles. The summed E-state index contributed by atoms with van der Waals surface area (Å²) in [7, 11) is 0. The van der Waals surface area contributed by atoms with Crippen molar-refractivity contribution in [2.45, 2.75) is 0 Å². The number of anilines is 3. The largest absolute Gasteiger partial charge is 0.453 e. The monoisotopic (exact) mass is 434 g/mol. The van der Waals surface area contributed by atoms with Gasteiger partial charge in [-0.2, -0.15) is 5.26 Å². The number of hydrogen-bond donors (Lipinski definition) is 0. The maximum Gasteiger partial charge on any atom is 0.151 e. The van der Waals surface area contributed by atoms with E-state index in [1.54, 1.807) is 0 Å². The summed E-state index contributed by atoms with van der Waals surface area (Å²) < 4.78 is 6.17. The lowest BCUT2D eigenvalue weighted by Gasteiger charge is -2.32. The van der Waals surface area contributed by atoms with E-state index in [1.807, 2.05) is 48.5 Å². The number of hydrogen-bond acceptors (Lipinski definition) is 3. The van der Waals surface area contributed by atoms with E-state index >= 15 is 0 Å². The summed E-state index contributed by atoms with van der Waals surface area (Å²) in [5.41, 5.74) is 3.83. The lowest BCUT2D eigenvalue weighted by atomic mass is 9.96. The van der Waals surface area contributed by atoms with Gasteiger partial charge in [-0.25, -0.2) is 0 Å². The predicted molar refractivity (Wildman–Crippen MR) is 138 cm³/mol. The SMILES string of the molecule is N#Cc1ccc2c(ccc3c4ccc(N5c6ccccc6Oc6ccccc65)cc4ccc23)c1.